The van der Waals surface area contributed by atoms with E-state index in [1.54, 1.807) is 19.4 Å². The number of aryl methyl sites for hydroxylation is 1. The van der Waals surface area contributed by atoms with E-state index in [-0.39, 0.29) is 5.91 Å². The van der Waals surface area contributed by atoms with Crippen LogP contribution in [0.1, 0.15) is 28.5 Å². The molecule has 0 radical (unpaired) electrons. The Kier molecular flexibility index (Phi) is 6.63. The van der Waals surface area contributed by atoms with Crippen molar-refractivity contribution in [3.05, 3.63) is 83.7 Å². The van der Waals surface area contributed by atoms with Crippen LogP contribution in [0.5, 0.6) is 5.75 Å². The Morgan fingerprint density at radius 2 is 1.82 bits per heavy atom. The Morgan fingerprint density at radius 3 is 2.57 bits per heavy atom. The molecule has 1 aromatic heterocycles. The van der Waals surface area contributed by atoms with Crippen molar-refractivity contribution in [2.45, 2.75) is 19.8 Å². The summed E-state index contributed by atoms with van der Waals surface area (Å²) in [5.74, 6) is 0.632. The average Bonchev–Trinajstić information content (AvgIpc) is 2.74. The van der Waals surface area contributed by atoms with Gasteiger partial charge in [-0.3, -0.25) is 9.78 Å². The van der Waals surface area contributed by atoms with E-state index in [9.17, 15) is 4.79 Å². The molecule has 5 nitrogen and oxygen atoms in total. The molecule has 0 aliphatic rings. The molecule has 1 amide bonds. The number of nitrogens with zero attached hydrogens (tertiary/aromatic N) is 1. The lowest BCUT2D eigenvalue weighted by atomic mass is 10.1. The van der Waals surface area contributed by atoms with Gasteiger partial charge in [-0.1, -0.05) is 31.2 Å². The Balaban J connectivity index is 1.57. The fourth-order valence-corrected chi connectivity index (χ4v) is 2.86. The number of anilines is 2. The molecule has 2 aromatic carbocycles. The van der Waals surface area contributed by atoms with Crippen molar-refractivity contribution in [1.82, 2.24) is 4.98 Å². The predicted molar refractivity (Wildman–Crippen MR) is 113 cm³/mol. The summed E-state index contributed by atoms with van der Waals surface area (Å²) < 4.78 is 5.25. The highest BCUT2D eigenvalue weighted by Crippen LogP contribution is 2.15. The maximum atomic E-state index is 12.5. The zero-order valence-electron chi connectivity index (χ0n) is 16.2. The van der Waals surface area contributed by atoms with Crippen LogP contribution < -0.4 is 15.4 Å². The molecule has 2 N–H and O–H groups in total. The van der Waals surface area contributed by atoms with Gasteiger partial charge in [0.05, 0.1) is 7.11 Å². The van der Waals surface area contributed by atoms with Crippen LogP contribution in [0.3, 0.4) is 0 Å². The summed E-state index contributed by atoms with van der Waals surface area (Å²) in [6, 6.07) is 19.5. The molecule has 0 aliphatic carbocycles. The lowest BCUT2D eigenvalue weighted by Gasteiger charge is -2.09. The summed E-state index contributed by atoms with van der Waals surface area (Å²) in [5.41, 5.74) is 4.43. The minimum Gasteiger partial charge on any atom is -0.497 e. The number of benzene rings is 2. The number of hydrogen-bond acceptors (Lipinski definition) is 4. The van der Waals surface area contributed by atoms with E-state index in [1.165, 1.54) is 11.1 Å². The molecule has 0 bridgehead atoms. The lowest BCUT2D eigenvalue weighted by molar-refractivity contribution is 0.102. The number of nitrogens with one attached hydrogen (secondary N) is 2. The highest BCUT2D eigenvalue weighted by molar-refractivity contribution is 6.03. The molecule has 0 atom stereocenters. The second kappa shape index (κ2) is 9.55. The summed E-state index contributed by atoms with van der Waals surface area (Å²) in [5, 5.41) is 6.23. The molecule has 0 spiro atoms. The first kappa shape index (κ1) is 19.4. The van der Waals surface area contributed by atoms with Crippen LogP contribution in [0.25, 0.3) is 0 Å². The Bertz CT molecular complexity index is 923. The van der Waals surface area contributed by atoms with E-state index < -0.39 is 0 Å². The average molecular weight is 375 g/mol. The minimum atomic E-state index is -0.222. The van der Waals surface area contributed by atoms with E-state index in [0.717, 1.165) is 36.5 Å². The van der Waals surface area contributed by atoms with E-state index >= 15 is 0 Å². The van der Waals surface area contributed by atoms with Gasteiger partial charge in [-0.05, 0) is 60.4 Å². The van der Waals surface area contributed by atoms with E-state index in [1.807, 2.05) is 48.5 Å². The Hall–Kier alpha value is -3.34. The maximum Gasteiger partial charge on any atom is 0.274 e. The molecule has 0 saturated carbocycles. The van der Waals surface area contributed by atoms with Crippen molar-refractivity contribution < 1.29 is 9.53 Å². The van der Waals surface area contributed by atoms with Gasteiger partial charge in [-0.2, -0.15) is 0 Å². The minimum absolute atomic E-state index is 0.222. The molecular formula is C23H25N3O2. The Morgan fingerprint density at radius 1 is 1.00 bits per heavy atom. The highest BCUT2D eigenvalue weighted by atomic mass is 16.5. The van der Waals surface area contributed by atoms with Crippen molar-refractivity contribution in [1.29, 1.82) is 0 Å². The third-order valence-electron chi connectivity index (χ3n) is 4.49. The van der Waals surface area contributed by atoms with Crippen LogP contribution in [0, 0.1) is 0 Å². The van der Waals surface area contributed by atoms with Gasteiger partial charge in [0.1, 0.15) is 11.4 Å². The van der Waals surface area contributed by atoms with E-state index in [2.05, 4.69) is 28.6 Å². The summed E-state index contributed by atoms with van der Waals surface area (Å²) in [7, 11) is 1.67. The zero-order valence-corrected chi connectivity index (χ0v) is 16.2. The van der Waals surface area contributed by atoms with Gasteiger partial charge in [-0.25, -0.2) is 0 Å². The van der Waals surface area contributed by atoms with Gasteiger partial charge in [-0.15, -0.1) is 0 Å². The molecule has 1 heterocycles. The third kappa shape index (κ3) is 5.33. The van der Waals surface area contributed by atoms with Crippen LogP contribution in [-0.4, -0.2) is 24.5 Å². The fourth-order valence-electron chi connectivity index (χ4n) is 2.86. The first-order chi connectivity index (χ1) is 13.7. The molecule has 5 heteroatoms. The molecule has 3 aromatic rings. The first-order valence-electron chi connectivity index (χ1n) is 9.41. The van der Waals surface area contributed by atoms with Crippen LogP contribution in [-0.2, 0) is 12.8 Å². The van der Waals surface area contributed by atoms with Gasteiger partial charge in [0.15, 0.2) is 0 Å². The number of hydrogen-bond donors (Lipinski definition) is 2. The van der Waals surface area contributed by atoms with Crippen molar-refractivity contribution in [2.75, 3.05) is 24.3 Å². The summed E-state index contributed by atoms with van der Waals surface area (Å²) in [6.45, 7) is 2.85. The van der Waals surface area contributed by atoms with E-state index in [0.29, 0.717) is 5.69 Å². The van der Waals surface area contributed by atoms with Crippen molar-refractivity contribution in [3.63, 3.8) is 0 Å². The standard InChI is InChI=1S/C23H25N3O2/c1-3-17-7-9-19(10-8-17)26-23(27)22-16-20(12-14-25-22)24-13-11-18-5-4-6-21(15-18)28-2/h4-10,12,14-16H,3,11,13H2,1-2H3,(H,24,25)(H,26,27). The maximum absolute atomic E-state index is 12.5. The molecule has 0 unspecified atom stereocenters. The van der Waals surface area contributed by atoms with E-state index in [4.69, 9.17) is 4.74 Å². The predicted octanol–water partition coefficient (Wildman–Crippen LogP) is 4.56. The summed E-state index contributed by atoms with van der Waals surface area (Å²) in [4.78, 5) is 16.7. The number of pyridine rings is 1. The molecule has 0 fully saturated rings. The largest absolute Gasteiger partial charge is 0.497 e. The number of carbonyl (C=O) groups is 1. The second-order valence-electron chi connectivity index (χ2n) is 6.46. The number of carbonyl (C=O) groups excluding carboxylic acids is 1. The molecule has 0 aliphatic heterocycles. The number of ether oxygens (including phenoxy) is 1. The second-order valence-corrected chi connectivity index (χ2v) is 6.46. The zero-order chi connectivity index (χ0) is 19.8. The fraction of sp³-hybridized carbons (Fsp3) is 0.217. The number of aromatic nitrogens is 1. The molecule has 144 valence electrons. The van der Waals surface area contributed by atoms with Crippen molar-refractivity contribution in [3.8, 4) is 5.75 Å². The van der Waals surface area contributed by atoms with Gasteiger partial charge in [0.25, 0.3) is 5.91 Å². The van der Waals surface area contributed by atoms with Crippen LogP contribution in [0.4, 0.5) is 11.4 Å². The number of amides is 1. The van der Waals surface area contributed by atoms with Crippen LogP contribution in [0.2, 0.25) is 0 Å². The molecule has 0 saturated heterocycles. The molecule has 3 rings (SSSR count). The van der Waals surface area contributed by atoms with Gasteiger partial charge in [0.2, 0.25) is 0 Å². The van der Waals surface area contributed by atoms with Crippen LogP contribution in [0.15, 0.2) is 66.9 Å². The van der Waals surface area contributed by atoms with Crippen molar-refractivity contribution >= 4 is 17.3 Å². The van der Waals surface area contributed by atoms with Gasteiger partial charge >= 0.3 is 0 Å². The van der Waals surface area contributed by atoms with Crippen molar-refractivity contribution in [2.24, 2.45) is 0 Å². The summed E-state index contributed by atoms with van der Waals surface area (Å²) >= 11 is 0. The normalized spacial score (nSPS) is 10.4. The first-order valence-corrected chi connectivity index (χ1v) is 9.41. The third-order valence-corrected chi connectivity index (χ3v) is 4.49. The smallest absolute Gasteiger partial charge is 0.274 e. The van der Waals surface area contributed by atoms with Gasteiger partial charge in [0, 0.05) is 24.1 Å². The number of methoxy groups -OCH3 is 1. The lowest BCUT2D eigenvalue weighted by Crippen LogP contribution is -2.14. The molecule has 28 heavy (non-hydrogen) atoms. The SMILES string of the molecule is CCc1ccc(NC(=O)c2cc(NCCc3cccc(OC)c3)ccn2)cc1. The monoisotopic (exact) mass is 375 g/mol. The Labute approximate surface area is 165 Å². The quantitative estimate of drug-likeness (QED) is 0.606. The summed E-state index contributed by atoms with van der Waals surface area (Å²) in [6.07, 6.45) is 3.47. The highest BCUT2D eigenvalue weighted by Gasteiger charge is 2.08. The van der Waals surface area contributed by atoms with Gasteiger partial charge < -0.3 is 15.4 Å². The van der Waals surface area contributed by atoms with Crippen LogP contribution >= 0.6 is 0 Å². The number of rotatable bonds is 8. The molecular weight excluding hydrogens is 350 g/mol. The topological polar surface area (TPSA) is 63.2 Å².